The van der Waals surface area contributed by atoms with E-state index in [0.29, 0.717) is 35.0 Å². The molecule has 1 unspecified atom stereocenters. The van der Waals surface area contributed by atoms with Gasteiger partial charge in [-0.2, -0.15) is 23.4 Å². The lowest BCUT2D eigenvalue weighted by Gasteiger charge is -2.27. The van der Waals surface area contributed by atoms with Crippen LogP contribution >= 0.6 is 0 Å². The van der Waals surface area contributed by atoms with E-state index in [9.17, 15) is 27.6 Å². The summed E-state index contributed by atoms with van der Waals surface area (Å²) in [6, 6.07) is 6.65. The van der Waals surface area contributed by atoms with Gasteiger partial charge in [-0.1, -0.05) is 13.0 Å². The summed E-state index contributed by atoms with van der Waals surface area (Å²) < 4.78 is 43.1. The van der Waals surface area contributed by atoms with Crippen molar-refractivity contribution in [2.75, 3.05) is 5.32 Å². The maximum absolute atomic E-state index is 14.0. The van der Waals surface area contributed by atoms with Gasteiger partial charge in [0.2, 0.25) is 11.8 Å². The highest BCUT2D eigenvalue weighted by Crippen LogP contribution is 2.59. The van der Waals surface area contributed by atoms with Gasteiger partial charge in [0, 0.05) is 42.4 Å². The Kier molecular flexibility index (Phi) is 6.78. The van der Waals surface area contributed by atoms with Crippen LogP contribution in [0.25, 0.3) is 27.7 Å². The van der Waals surface area contributed by atoms with E-state index < -0.39 is 23.8 Å². The van der Waals surface area contributed by atoms with E-state index in [1.54, 1.807) is 17.6 Å². The zero-order valence-electron chi connectivity index (χ0n) is 26.3. The van der Waals surface area contributed by atoms with Gasteiger partial charge < -0.3 is 10.2 Å². The lowest BCUT2D eigenvalue weighted by atomic mass is 10.0. The molecule has 1 aromatic carbocycles. The summed E-state index contributed by atoms with van der Waals surface area (Å²) >= 11 is 0. The van der Waals surface area contributed by atoms with Crippen molar-refractivity contribution in [3.05, 3.63) is 70.9 Å². The number of halogens is 3. The van der Waals surface area contributed by atoms with Gasteiger partial charge in [0.05, 0.1) is 11.2 Å². The molecule has 2 amide bonds. The number of alkyl halides is 3. The Balaban J connectivity index is 1.19. The molecule has 1 saturated heterocycles. The van der Waals surface area contributed by atoms with Crippen molar-refractivity contribution in [2.24, 2.45) is 5.41 Å². The zero-order chi connectivity index (χ0) is 33.6. The first-order valence-electron chi connectivity index (χ1n) is 15.1. The molecule has 47 heavy (non-hydrogen) atoms. The number of nitrogens with one attached hydrogen (secondary N) is 1. The predicted octanol–water partition coefficient (Wildman–Crippen LogP) is 5.31. The maximum atomic E-state index is 14.0. The number of anilines is 1. The van der Waals surface area contributed by atoms with Gasteiger partial charge >= 0.3 is 6.18 Å². The molecule has 1 N–H and O–H groups in total. The van der Waals surface area contributed by atoms with Crippen molar-refractivity contribution in [1.82, 2.24) is 34.3 Å². The maximum Gasteiger partial charge on any atom is 0.433 e. The molecule has 5 heterocycles. The van der Waals surface area contributed by atoms with Crippen LogP contribution in [0.3, 0.4) is 0 Å². The molecule has 3 atom stereocenters. The van der Waals surface area contributed by atoms with E-state index >= 15 is 0 Å². The fraction of sp³-hybridized carbons (Fsp3) is 0.364. The number of fused-ring (bicyclic) bond motifs is 3. The number of carbonyl (C=O) groups excluding carboxylic acids is 3. The average molecular weight is 645 g/mol. The summed E-state index contributed by atoms with van der Waals surface area (Å²) in [7, 11) is 0. The summed E-state index contributed by atoms with van der Waals surface area (Å²) in [5.41, 5.74) is 3.69. The highest BCUT2D eigenvalue weighted by Gasteiger charge is 2.64. The second-order valence-electron chi connectivity index (χ2n) is 12.9. The Morgan fingerprint density at radius 3 is 2.51 bits per heavy atom. The minimum absolute atomic E-state index is 0.198. The number of amides is 2. The third-order valence-corrected chi connectivity index (χ3v) is 9.28. The van der Waals surface area contributed by atoms with Crippen molar-refractivity contribution in [3.63, 3.8) is 0 Å². The van der Waals surface area contributed by atoms with Crippen molar-refractivity contribution in [1.29, 1.82) is 0 Å². The molecule has 4 aromatic heterocycles. The third kappa shape index (κ3) is 5.21. The fourth-order valence-corrected chi connectivity index (χ4v) is 6.80. The molecule has 14 heteroatoms. The molecule has 5 aromatic rings. The van der Waals surface area contributed by atoms with Crippen molar-refractivity contribution < 1.29 is 27.6 Å². The second-order valence-corrected chi connectivity index (χ2v) is 12.9. The smallest absolute Gasteiger partial charge is 0.325 e. The van der Waals surface area contributed by atoms with Gasteiger partial charge in [0.1, 0.15) is 29.8 Å². The van der Waals surface area contributed by atoms with Crippen LogP contribution in [0.5, 0.6) is 0 Å². The molecular weight excluding hydrogens is 613 g/mol. The lowest BCUT2D eigenvalue weighted by Crippen LogP contribution is -2.47. The van der Waals surface area contributed by atoms with Crippen LogP contribution in [-0.4, -0.2) is 63.9 Å². The van der Waals surface area contributed by atoms with E-state index in [-0.39, 0.29) is 41.2 Å². The van der Waals surface area contributed by atoms with E-state index in [1.807, 2.05) is 45.2 Å². The molecule has 11 nitrogen and oxygen atoms in total. The van der Waals surface area contributed by atoms with Gasteiger partial charge in [-0.15, -0.1) is 0 Å². The first-order chi connectivity index (χ1) is 22.1. The van der Waals surface area contributed by atoms with Crippen LogP contribution in [0.2, 0.25) is 0 Å². The Bertz CT molecular complexity index is 2150. The van der Waals surface area contributed by atoms with Gasteiger partial charge in [-0.3, -0.25) is 19.1 Å². The summed E-state index contributed by atoms with van der Waals surface area (Å²) in [6.07, 6.45) is -0.00901. The summed E-state index contributed by atoms with van der Waals surface area (Å²) in [4.78, 5) is 49.9. The highest BCUT2D eigenvalue weighted by molar-refractivity contribution is 6.07. The van der Waals surface area contributed by atoms with Gasteiger partial charge in [0.25, 0.3) is 0 Å². The number of benzene rings is 1. The van der Waals surface area contributed by atoms with Gasteiger partial charge in [-0.25, -0.2) is 14.5 Å². The molecule has 1 aliphatic carbocycles. The fourth-order valence-electron chi connectivity index (χ4n) is 6.80. The van der Waals surface area contributed by atoms with E-state index in [4.69, 9.17) is 0 Å². The minimum Gasteiger partial charge on any atom is -0.325 e. The first-order valence-corrected chi connectivity index (χ1v) is 15.1. The van der Waals surface area contributed by atoms with Crippen LogP contribution in [0, 0.1) is 26.2 Å². The molecule has 7 rings (SSSR count). The number of hydrogen-bond acceptors (Lipinski definition) is 7. The minimum atomic E-state index is -4.68. The zero-order valence-corrected chi connectivity index (χ0v) is 26.3. The number of piperidine rings is 1. The van der Waals surface area contributed by atoms with Gasteiger partial charge in [-0.05, 0) is 73.9 Å². The van der Waals surface area contributed by atoms with Crippen LogP contribution in [0.1, 0.15) is 59.7 Å². The van der Waals surface area contributed by atoms with E-state index in [0.717, 1.165) is 28.5 Å². The van der Waals surface area contributed by atoms with Crippen LogP contribution in [0.15, 0.2) is 42.7 Å². The number of nitrogens with zero attached hydrogens (tertiary/aromatic N) is 7. The molecule has 0 bridgehead atoms. The SMILES string of the molecule is CC(=O)c1nn(CC(=O)N2C3C[C@]3(C)C[C@H]2C(=O)Nc2nc(C(F)(F)F)ccc2C)c2c(C)cc(-c3cnc4cc(C)nn4c3)cc12. The quantitative estimate of drug-likeness (QED) is 0.249. The second kappa shape index (κ2) is 10.4. The van der Waals surface area contributed by atoms with Crippen molar-refractivity contribution >= 4 is 40.0 Å². The molecule has 0 spiro atoms. The van der Waals surface area contributed by atoms with Crippen LogP contribution < -0.4 is 5.32 Å². The van der Waals surface area contributed by atoms with E-state index in [1.165, 1.54) is 22.6 Å². The number of aryl methyl sites for hydroxylation is 3. The first kappa shape index (κ1) is 30.5. The lowest BCUT2D eigenvalue weighted by molar-refractivity contribution is -0.141. The highest BCUT2D eigenvalue weighted by atomic mass is 19.4. The van der Waals surface area contributed by atoms with Gasteiger partial charge in [0.15, 0.2) is 11.4 Å². The predicted molar refractivity (Wildman–Crippen MR) is 166 cm³/mol. The van der Waals surface area contributed by atoms with Crippen molar-refractivity contribution in [2.45, 2.75) is 72.3 Å². The Morgan fingerprint density at radius 2 is 1.79 bits per heavy atom. The summed E-state index contributed by atoms with van der Waals surface area (Å²) in [5.74, 6) is -1.45. The normalized spacial score (nSPS) is 20.6. The number of Topliss-reactive ketones (excluding diaryl/α,β-unsaturated/α-hetero) is 1. The number of hydrogen-bond donors (Lipinski definition) is 1. The number of aromatic nitrogens is 6. The largest absolute Gasteiger partial charge is 0.433 e. The molecule has 242 valence electrons. The molecular formula is C33H31F3N8O3. The number of rotatable bonds is 6. The van der Waals surface area contributed by atoms with Crippen molar-refractivity contribution in [3.8, 4) is 11.1 Å². The van der Waals surface area contributed by atoms with Crippen LogP contribution in [0.4, 0.5) is 19.0 Å². The van der Waals surface area contributed by atoms with E-state index in [2.05, 4.69) is 25.5 Å². The molecule has 1 saturated carbocycles. The monoisotopic (exact) mass is 644 g/mol. The third-order valence-electron chi connectivity index (χ3n) is 9.28. The summed E-state index contributed by atoms with van der Waals surface area (Å²) in [5, 5.41) is 12.1. The Labute approximate surface area is 266 Å². The molecule has 0 radical (unpaired) electrons. The number of likely N-dealkylation sites (tertiary alicyclic amines) is 1. The summed E-state index contributed by atoms with van der Waals surface area (Å²) in [6.45, 7) is 8.47. The average Bonchev–Trinajstić information content (AvgIpc) is 3.26. The number of ketones is 1. The Hall–Kier alpha value is -5.14. The topological polar surface area (TPSA) is 127 Å². The number of pyridine rings is 1. The Morgan fingerprint density at radius 1 is 1.02 bits per heavy atom. The van der Waals surface area contributed by atoms with Crippen LogP contribution in [-0.2, 0) is 22.3 Å². The number of carbonyl (C=O) groups is 3. The molecule has 1 aliphatic heterocycles. The molecule has 2 aliphatic rings. The molecule has 2 fully saturated rings. The standard InChI is InChI=1S/C33H31F3N8O3/c1-16-6-7-24(33(34,35)36)38-30(16)39-31(47)23-11-32(5)12-25(32)44(23)27(46)15-43-29-17(2)8-20(10-22(29)28(41-43)19(4)45)21-13-37-26-9-18(3)40-42(26)14-21/h6-10,13-14,23,25H,11-12,15H2,1-5H3,(H,38,39,47)/t23-,25?,32-/m0/s1.